The predicted molar refractivity (Wildman–Crippen MR) is 80.1 cm³/mol. The fourth-order valence-electron chi connectivity index (χ4n) is 2.19. The lowest BCUT2D eigenvalue weighted by atomic mass is 10.1. The van der Waals surface area contributed by atoms with E-state index in [0.717, 1.165) is 35.6 Å². The smallest absolute Gasteiger partial charge is 0.130 e. The van der Waals surface area contributed by atoms with Crippen LogP contribution in [0.3, 0.4) is 0 Å². The third-order valence-electron chi connectivity index (χ3n) is 3.15. The van der Waals surface area contributed by atoms with Gasteiger partial charge in [-0.05, 0) is 25.0 Å². The molecule has 20 heavy (non-hydrogen) atoms. The number of hydrogen-bond donors (Lipinski definition) is 0. The van der Waals surface area contributed by atoms with Gasteiger partial charge in [-0.1, -0.05) is 37.6 Å². The largest absolute Gasteiger partial charge is 0.238 e. The van der Waals surface area contributed by atoms with Gasteiger partial charge in [-0.3, -0.25) is 0 Å². The van der Waals surface area contributed by atoms with Crippen molar-refractivity contribution in [2.75, 3.05) is 0 Å². The topological polar surface area (TPSA) is 49.6 Å². The fraction of sp³-hybridized carbons (Fsp3) is 0.353. The van der Waals surface area contributed by atoms with E-state index < -0.39 is 0 Å². The van der Waals surface area contributed by atoms with E-state index in [4.69, 9.17) is 5.26 Å². The molecule has 0 saturated heterocycles. The number of nitrogens with zero attached hydrogens (tertiary/aromatic N) is 3. The first-order valence-electron chi connectivity index (χ1n) is 7.03. The molecule has 102 valence electrons. The highest BCUT2D eigenvalue weighted by molar-refractivity contribution is 5.59. The lowest BCUT2D eigenvalue weighted by molar-refractivity contribution is 0.873. The molecule has 0 fully saturated rings. The minimum absolute atomic E-state index is 0.457. The molecule has 0 unspecified atom stereocenters. The standard InChI is InChI=1S/C17H19N3/c1-3-5-14-7-9-15(10-8-14)16-12-13(2)19-17(20-16)6-4-11-18/h7-10,12H,3-6H2,1-2H3. The second-order valence-corrected chi connectivity index (χ2v) is 4.92. The Morgan fingerprint density at radius 1 is 1.10 bits per heavy atom. The number of nitriles is 1. The summed E-state index contributed by atoms with van der Waals surface area (Å²) in [5.41, 5.74) is 4.34. The van der Waals surface area contributed by atoms with Gasteiger partial charge in [0.1, 0.15) is 5.82 Å². The highest BCUT2D eigenvalue weighted by Crippen LogP contribution is 2.19. The maximum atomic E-state index is 8.66. The van der Waals surface area contributed by atoms with Gasteiger partial charge in [0.2, 0.25) is 0 Å². The molecule has 0 amide bonds. The van der Waals surface area contributed by atoms with Gasteiger partial charge in [-0.2, -0.15) is 5.26 Å². The Kier molecular flexibility index (Phi) is 4.84. The van der Waals surface area contributed by atoms with Crippen LogP contribution in [0.4, 0.5) is 0 Å². The fourth-order valence-corrected chi connectivity index (χ4v) is 2.19. The van der Waals surface area contributed by atoms with Crippen LogP contribution in [0.15, 0.2) is 30.3 Å². The molecule has 2 rings (SSSR count). The summed E-state index contributed by atoms with van der Waals surface area (Å²) in [5.74, 6) is 0.749. The van der Waals surface area contributed by atoms with Crippen LogP contribution < -0.4 is 0 Å². The van der Waals surface area contributed by atoms with E-state index in [2.05, 4.69) is 47.2 Å². The van der Waals surface area contributed by atoms with Crippen molar-refractivity contribution in [1.29, 1.82) is 5.26 Å². The first-order chi connectivity index (χ1) is 9.72. The molecule has 3 heteroatoms. The second-order valence-electron chi connectivity index (χ2n) is 4.92. The number of rotatable bonds is 5. The van der Waals surface area contributed by atoms with E-state index in [0.29, 0.717) is 12.8 Å². The zero-order valence-corrected chi connectivity index (χ0v) is 12.1. The van der Waals surface area contributed by atoms with Crippen LogP contribution in [-0.4, -0.2) is 9.97 Å². The Balaban J connectivity index is 2.27. The molecule has 1 aromatic carbocycles. The van der Waals surface area contributed by atoms with Gasteiger partial charge in [0.15, 0.2) is 0 Å². The minimum atomic E-state index is 0.457. The van der Waals surface area contributed by atoms with E-state index in [1.165, 1.54) is 5.56 Å². The van der Waals surface area contributed by atoms with Crippen molar-refractivity contribution in [3.63, 3.8) is 0 Å². The van der Waals surface area contributed by atoms with Crippen LogP contribution in [0.25, 0.3) is 11.3 Å². The molecule has 3 nitrogen and oxygen atoms in total. The zero-order chi connectivity index (χ0) is 14.4. The molecule has 0 aliphatic carbocycles. The molecule has 1 heterocycles. The third-order valence-corrected chi connectivity index (χ3v) is 3.15. The Morgan fingerprint density at radius 3 is 2.50 bits per heavy atom. The summed E-state index contributed by atoms with van der Waals surface area (Å²) in [6.07, 6.45) is 3.33. The lowest BCUT2D eigenvalue weighted by Crippen LogP contribution is -1.99. The third kappa shape index (κ3) is 3.64. The van der Waals surface area contributed by atoms with E-state index in [-0.39, 0.29) is 0 Å². The molecule has 0 radical (unpaired) electrons. The number of benzene rings is 1. The monoisotopic (exact) mass is 265 g/mol. The van der Waals surface area contributed by atoms with Gasteiger partial charge in [-0.15, -0.1) is 0 Å². The van der Waals surface area contributed by atoms with Crippen LogP contribution in [0.1, 0.15) is 36.8 Å². The van der Waals surface area contributed by atoms with Gasteiger partial charge in [0.25, 0.3) is 0 Å². The van der Waals surface area contributed by atoms with Gasteiger partial charge < -0.3 is 0 Å². The summed E-state index contributed by atoms with van der Waals surface area (Å²) >= 11 is 0. The maximum Gasteiger partial charge on any atom is 0.130 e. The van der Waals surface area contributed by atoms with Crippen LogP contribution in [0.5, 0.6) is 0 Å². The minimum Gasteiger partial charge on any atom is -0.238 e. The Labute approximate surface area is 120 Å². The van der Waals surface area contributed by atoms with Gasteiger partial charge in [0.05, 0.1) is 11.8 Å². The first-order valence-corrected chi connectivity index (χ1v) is 7.03. The summed E-state index contributed by atoms with van der Waals surface area (Å²) in [5, 5.41) is 8.66. The summed E-state index contributed by atoms with van der Waals surface area (Å²) in [4.78, 5) is 8.94. The number of aryl methyl sites for hydroxylation is 3. The van der Waals surface area contributed by atoms with E-state index >= 15 is 0 Å². The van der Waals surface area contributed by atoms with Crippen molar-refractivity contribution in [3.8, 4) is 17.3 Å². The molecule has 0 saturated carbocycles. The van der Waals surface area contributed by atoms with Crippen molar-refractivity contribution in [1.82, 2.24) is 9.97 Å². The van der Waals surface area contributed by atoms with Crippen molar-refractivity contribution >= 4 is 0 Å². The average Bonchev–Trinajstić information content (AvgIpc) is 2.46. The molecule has 0 spiro atoms. The molecular weight excluding hydrogens is 246 g/mol. The van der Waals surface area contributed by atoms with Crippen molar-refractivity contribution in [3.05, 3.63) is 47.4 Å². The normalized spacial score (nSPS) is 10.2. The number of hydrogen-bond acceptors (Lipinski definition) is 3. The van der Waals surface area contributed by atoms with Crippen molar-refractivity contribution in [2.24, 2.45) is 0 Å². The van der Waals surface area contributed by atoms with Gasteiger partial charge in [0, 0.05) is 24.1 Å². The quantitative estimate of drug-likeness (QED) is 0.824. The molecule has 0 atom stereocenters. The summed E-state index contributed by atoms with van der Waals surface area (Å²) in [7, 11) is 0. The van der Waals surface area contributed by atoms with Gasteiger partial charge >= 0.3 is 0 Å². The molecular formula is C17H19N3. The Hall–Kier alpha value is -2.21. The Morgan fingerprint density at radius 2 is 1.85 bits per heavy atom. The van der Waals surface area contributed by atoms with Crippen molar-refractivity contribution < 1.29 is 0 Å². The first kappa shape index (κ1) is 14.2. The van der Waals surface area contributed by atoms with Crippen molar-refractivity contribution in [2.45, 2.75) is 39.5 Å². The molecule has 1 aromatic heterocycles. The van der Waals surface area contributed by atoms with Crippen LogP contribution in [0, 0.1) is 18.3 Å². The SMILES string of the molecule is CCCc1ccc(-c2cc(C)nc(CCC#N)n2)cc1. The zero-order valence-electron chi connectivity index (χ0n) is 12.1. The second kappa shape index (κ2) is 6.81. The predicted octanol–water partition coefficient (Wildman–Crippen LogP) is 3.86. The molecule has 0 N–H and O–H groups in total. The van der Waals surface area contributed by atoms with E-state index in [9.17, 15) is 0 Å². The molecule has 0 aliphatic rings. The molecule has 0 aliphatic heterocycles. The highest BCUT2D eigenvalue weighted by atomic mass is 14.9. The van der Waals surface area contributed by atoms with E-state index in [1.54, 1.807) is 0 Å². The summed E-state index contributed by atoms with van der Waals surface area (Å²) in [6.45, 7) is 4.15. The molecule has 0 bridgehead atoms. The maximum absolute atomic E-state index is 8.66. The van der Waals surface area contributed by atoms with E-state index in [1.807, 2.05) is 13.0 Å². The van der Waals surface area contributed by atoms with Gasteiger partial charge in [-0.25, -0.2) is 9.97 Å². The highest BCUT2D eigenvalue weighted by Gasteiger charge is 2.05. The summed E-state index contributed by atoms with van der Waals surface area (Å²) in [6, 6.07) is 12.7. The van der Waals surface area contributed by atoms with Crippen LogP contribution >= 0.6 is 0 Å². The average molecular weight is 265 g/mol. The summed E-state index contributed by atoms with van der Waals surface area (Å²) < 4.78 is 0. The van der Waals surface area contributed by atoms with Crippen LogP contribution in [0.2, 0.25) is 0 Å². The lowest BCUT2D eigenvalue weighted by Gasteiger charge is -2.06. The molecule has 2 aromatic rings. The Bertz CT molecular complexity index is 609. The van der Waals surface area contributed by atoms with Crippen LogP contribution in [-0.2, 0) is 12.8 Å². The number of aromatic nitrogens is 2.